The van der Waals surface area contributed by atoms with Crippen molar-refractivity contribution in [2.24, 2.45) is 0 Å². The number of nitriles is 1. The van der Waals surface area contributed by atoms with Crippen LogP contribution in [0.2, 0.25) is 0 Å². The van der Waals surface area contributed by atoms with Crippen LogP contribution in [0.15, 0.2) is 59.0 Å². The average Bonchev–Trinajstić information content (AvgIpc) is 3.34. The van der Waals surface area contributed by atoms with Gasteiger partial charge in [-0.2, -0.15) is 5.26 Å². The zero-order valence-corrected chi connectivity index (χ0v) is 18.5. The topological polar surface area (TPSA) is 134 Å². The number of ether oxygens (including phenoxy) is 1. The Balaban J connectivity index is 1.66. The molecule has 2 aromatic rings. The van der Waals surface area contributed by atoms with Gasteiger partial charge >= 0.3 is 0 Å². The van der Waals surface area contributed by atoms with E-state index in [0.717, 1.165) is 24.6 Å². The third-order valence-electron chi connectivity index (χ3n) is 4.79. The molecule has 2 aromatic carbocycles. The van der Waals surface area contributed by atoms with Gasteiger partial charge in [-0.1, -0.05) is 24.3 Å². The van der Waals surface area contributed by atoms with E-state index in [1.165, 1.54) is 18.2 Å². The normalized spacial score (nSPS) is 15.5. The second-order valence-corrected chi connectivity index (χ2v) is 8.22. The van der Waals surface area contributed by atoms with Crippen LogP contribution < -0.4 is 10.6 Å². The highest BCUT2D eigenvalue weighted by atomic mass is 32.2. The van der Waals surface area contributed by atoms with Gasteiger partial charge in [-0.05, 0) is 42.7 Å². The van der Waals surface area contributed by atoms with Crippen molar-refractivity contribution in [1.82, 2.24) is 5.32 Å². The average molecular weight is 467 g/mol. The van der Waals surface area contributed by atoms with E-state index in [1.54, 1.807) is 30.3 Å². The summed E-state index contributed by atoms with van der Waals surface area (Å²) in [5.74, 6) is -0.870. The van der Waals surface area contributed by atoms with E-state index in [2.05, 4.69) is 10.6 Å². The van der Waals surface area contributed by atoms with E-state index in [-0.39, 0.29) is 29.0 Å². The van der Waals surface area contributed by atoms with Crippen molar-refractivity contribution in [3.8, 4) is 6.07 Å². The molecule has 1 saturated heterocycles. The summed E-state index contributed by atoms with van der Waals surface area (Å²) in [4.78, 5) is 35.8. The largest absolute Gasteiger partial charge is 0.376 e. The maximum atomic E-state index is 12.3. The molecule has 0 unspecified atom stereocenters. The Morgan fingerprint density at radius 3 is 2.73 bits per heavy atom. The monoisotopic (exact) mass is 466 g/mol. The van der Waals surface area contributed by atoms with E-state index in [0.29, 0.717) is 29.3 Å². The van der Waals surface area contributed by atoms with Gasteiger partial charge in [0.1, 0.15) is 11.6 Å². The first-order valence-corrected chi connectivity index (χ1v) is 11.2. The molecule has 33 heavy (non-hydrogen) atoms. The number of hydrogen-bond acceptors (Lipinski definition) is 7. The molecule has 3 rings (SSSR count). The molecule has 0 aliphatic carbocycles. The summed E-state index contributed by atoms with van der Waals surface area (Å²) >= 11 is 1.03. The molecular weight excluding hydrogens is 444 g/mol. The van der Waals surface area contributed by atoms with Gasteiger partial charge in [-0.25, -0.2) is 0 Å². The number of anilines is 1. The van der Waals surface area contributed by atoms with Gasteiger partial charge in [0, 0.05) is 24.9 Å². The summed E-state index contributed by atoms with van der Waals surface area (Å²) in [6, 6.07) is 15.1. The molecule has 1 fully saturated rings. The van der Waals surface area contributed by atoms with Gasteiger partial charge in [-0.15, -0.1) is 11.8 Å². The van der Waals surface area contributed by atoms with Crippen molar-refractivity contribution in [2.75, 3.05) is 24.2 Å². The predicted molar refractivity (Wildman–Crippen MR) is 124 cm³/mol. The van der Waals surface area contributed by atoms with Crippen molar-refractivity contribution < 1.29 is 19.2 Å². The number of carbonyl (C=O) groups is 2. The summed E-state index contributed by atoms with van der Waals surface area (Å²) in [5, 5.41) is 26.3. The number of rotatable bonds is 9. The molecule has 2 N–H and O–H groups in total. The van der Waals surface area contributed by atoms with Gasteiger partial charge in [0.2, 0.25) is 5.91 Å². The van der Waals surface area contributed by atoms with Crippen LogP contribution >= 0.6 is 11.8 Å². The fourth-order valence-corrected chi connectivity index (χ4v) is 3.98. The summed E-state index contributed by atoms with van der Waals surface area (Å²) in [7, 11) is 0. The Morgan fingerprint density at radius 1 is 1.27 bits per heavy atom. The van der Waals surface area contributed by atoms with Gasteiger partial charge in [0.15, 0.2) is 0 Å². The maximum Gasteiger partial charge on any atom is 0.283 e. The van der Waals surface area contributed by atoms with Crippen LogP contribution in [0.4, 0.5) is 11.4 Å². The molecule has 2 amide bonds. The Morgan fingerprint density at radius 2 is 2.06 bits per heavy atom. The van der Waals surface area contributed by atoms with E-state index in [1.807, 2.05) is 12.1 Å². The lowest BCUT2D eigenvalue weighted by Gasteiger charge is -2.10. The Labute approximate surface area is 195 Å². The molecular formula is C23H22N4O5S. The fraction of sp³-hybridized carbons (Fsp3) is 0.261. The zero-order chi connectivity index (χ0) is 23.6. The first kappa shape index (κ1) is 24.0. The molecule has 0 saturated carbocycles. The van der Waals surface area contributed by atoms with Gasteiger partial charge in [0.05, 0.1) is 21.7 Å². The Hall–Kier alpha value is -3.68. The lowest BCUT2D eigenvalue weighted by molar-refractivity contribution is -0.387. The number of carbonyl (C=O) groups excluding carboxylic acids is 2. The zero-order valence-electron chi connectivity index (χ0n) is 17.7. The minimum Gasteiger partial charge on any atom is -0.376 e. The van der Waals surface area contributed by atoms with E-state index >= 15 is 0 Å². The van der Waals surface area contributed by atoms with Crippen molar-refractivity contribution >= 4 is 41.0 Å². The number of nitrogens with one attached hydrogen (secondary N) is 2. The molecule has 170 valence electrons. The molecule has 0 aromatic heterocycles. The van der Waals surface area contributed by atoms with Crippen molar-refractivity contribution in [1.29, 1.82) is 5.26 Å². The minimum atomic E-state index is -0.563. The summed E-state index contributed by atoms with van der Waals surface area (Å²) < 4.78 is 5.44. The summed E-state index contributed by atoms with van der Waals surface area (Å²) in [5.41, 5.74) is 0.603. The van der Waals surface area contributed by atoms with Crippen LogP contribution in [0.3, 0.4) is 0 Å². The van der Waals surface area contributed by atoms with Crippen LogP contribution in [-0.4, -0.2) is 41.7 Å². The Kier molecular flexibility index (Phi) is 8.57. The highest BCUT2D eigenvalue weighted by molar-refractivity contribution is 8.00. The van der Waals surface area contributed by atoms with E-state index < -0.39 is 10.8 Å². The molecule has 0 bridgehead atoms. The standard InChI is InChI=1S/C23H22N4O5S/c24-13-17(23(29)25-14-19-7-4-10-32-19)11-16-8-9-21(20(12-16)27(30)31)33-15-22(28)26-18-5-2-1-3-6-18/h1-3,5-6,8-9,11-12,19H,4,7,10,14-15H2,(H,25,29)(H,26,28)/b17-11+/t19-/m0/s1. The second-order valence-electron chi connectivity index (χ2n) is 7.20. The third-order valence-corrected chi connectivity index (χ3v) is 5.85. The molecule has 1 aliphatic rings. The van der Waals surface area contributed by atoms with Crippen molar-refractivity contribution in [3.05, 3.63) is 69.8 Å². The number of nitro groups is 1. The number of para-hydroxylation sites is 1. The van der Waals surface area contributed by atoms with Gasteiger partial charge in [-0.3, -0.25) is 19.7 Å². The molecule has 1 atom stereocenters. The van der Waals surface area contributed by atoms with Crippen LogP contribution in [0.25, 0.3) is 6.08 Å². The third kappa shape index (κ3) is 7.17. The van der Waals surface area contributed by atoms with Crippen LogP contribution in [-0.2, 0) is 14.3 Å². The lowest BCUT2D eigenvalue weighted by Crippen LogP contribution is -2.32. The lowest BCUT2D eigenvalue weighted by atomic mass is 10.1. The van der Waals surface area contributed by atoms with Gasteiger partial charge < -0.3 is 15.4 Å². The molecule has 1 heterocycles. The SMILES string of the molecule is N#C/C(=C\c1ccc(SCC(=O)Nc2ccccc2)c([N+](=O)[O-])c1)C(=O)NC[C@@H]1CCCO1. The number of nitrogens with zero attached hydrogens (tertiary/aromatic N) is 2. The number of amides is 2. The number of hydrogen-bond donors (Lipinski definition) is 2. The smallest absolute Gasteiger partial charge is 0.283 e. The Bertz CT molecular complexity index is 1090. The van der Waals surface area contributed by atoms with Crippen molar-refractivity contribution in [3.63, 3.8) is 0 Å². The van der Waals surface area contributed by atoms with Gasteiger partial charge in [0.25, 0.3) is 11.6 Å². The number of benzene rings is 2. The maximum absolute atomic E-state index is 12.3. The second kappa shape index (κ2) is 11.8. The first-order valence-electron chi connectivity index (χ1n) is 10.2. The predicted octanol–water partition coefficient (Wildman–Crippen LogP) is 3.53. The summed E-state index contributed by atoms with van der Waals surface area (Å²) in [6.45, 7) is 0.960. The fourth-order valence-electron chi connectivity index (χ4n) is 3.17. The van der Waals surface area contributed by atoms with Crippen LogP contribution in [0.1, 0.15) is 18.4 Å². The van der Waals surface area contributed by atoms with E-state index in [9.17, 15) is 25.0 Å². The van der Waals surface area contributed by atoms with Crippen LogP contribution in [0.5, 0.6) is 0 Å². The summed E-state index contributed by atoms with van der Waals surface area (Å²) in [6.07, 6.45) is 3.02. The first-order chi connectivity index (χ1) is 16.0. The molecule has 9 nitrogen and oxygen atoms in total. The number of thioether (sulfide) groups is 1. The van der Waals surface area contributed by atoms with Crippen LogP contribution in [0, 0.1) is 21.4 Å². The minimum absolute atomic E-state index is 0.0139. The highest BCUT2D eigenvalue weighted by Gasteiger charge is 2.19. The molecule has 0 spiro atoms. The number of nitro benzene ring substituents is 1. The molecule has 10 heteroatoms. The van der Waals surface area contributed by atoms with E-state index in [4.69, 9.17) is 4.74 Å². The van der Waals surface area contributed by atoms with Crippen molar-refractivity contribution in [2.45, 2.75) is 23.8 Å². The quantitative estimate of drug-likeness (QED) is 0.190. The highest BCUT2D eigenvalue weighted by Crippen LogP contribution is 2.31. The molecule has 0 radical (unpaired) electrons. The molecule has 1 aliphatic heterocycles.